The SMILES string of the molecule is O=P([O-])([O-])[O-].[F-].[Li+].[V]. The van der Waals surface area contributed by atoms with Gasteiger partial charge in [-0.2, -0.15) is 7.82 Å². The van der Waals surface area contributed by atoms with Gasteiger partial charge in [0.1, 0.15) is 0 Å². The molecule has 0 unspecified atom stereocenters. The van der Waals surface area contributed by atoms with Crippen molar-refractivity contribution >= 4 is 7.82 Å². The fourth-order valence-electron chi connectivity index (χ4n) is 0. The molecule has 0 amide bonds. The maximum absolute atomic E-state index is 8.55. The normalized spacial score (nSPS) is 7.38. The molecule has 0 aliphatic rings. The van der Waals surface area contributed by atoms with Crippen LogP contribution in [0.5, 0.6) is 0 Å². The summed E-state index contributed by atoms with van der Waals surface area (Å²) < 4.78 is 8.55. The van der Waals surface area contributed by atoms with Crippen molar-refractivity contribution in [2.24, 2.45) is 0 Å². The van der Waals surface area contributed by atoms with Crippen molar-refractivity contribution in [3.63, 3.8) is 0 Å². The Labute approximate surface area is 69.3 Å². The van der Waals surface area contributed by atoms with E-state index in [1.54, 1.807) is 0 Å². The van der Waals surface area contributed by atoms with Gasteiger partial charge in [-0.3, -0.25) is 0 Å². The average molecular weight is 172 g/mol. The van der Waals surface area contributed by atoms with Gasteiger partial charge >= 0.3 is 18.9 Å². The summed E-state index contributed by atoms with van der Waals surface area (Å²) in [6.45, 7) is 0. The van der Waals surface area contributed by atoms with Crippen molar-refractivity contribution < 1.29 is 61.4 Å². The molecule has 0 aromatic heterocycles. The first kappa shape index (κ1) is 22.9. The summed E-state index contributed by atoms with van der Waals surface area (Å²) in [6, 6.07) is 0. The fraction of sp³-hybridized carbons (Fsp3) is 0. The van der Waals surface area contributed by atoms with Gasteiger partial charge in [0, 0.05) is 18.6 Å². The third-order valence-corrected chi connectivity index (χ3v) is 0. The standard InChI is InChI=1S/FH.Li.H3O4P.V/c;;1-5(2,3)4;/h1H;;(H3,1,2,3,4);/q;+1;;/p-4. The van der Waals surface area contributed by atoms with Gasteiger partial charge in [-0.1, -0.05) is 0 Å². The zero-order chi connectivity index (χ0) is 4.50. The zero-order valence-corrected chi connectivity index (χ0v) is 6.20. The number of phosphoric acid groups is 1. The molecular weight excluding hydrogens is 172 g/mol. The first-order valence-corrected chi connectivity index (χ1v) is 2.19. The summed E-state index contributed by atoms with van der Waals surface area (Å²) in [6.07, 6.45) is 0. The third-order valence-electron chi connectivity index (χ3n) is 0. The molecule has 0 rings (SSSR count). The summed E-state index contributed by atoms with van der Waals surface area (Å²) in [5.41, 5.74) is 0. The van der Waals surface area contributed by atoms with Crippen molar-refractivity contribution in [3.05, 3.63) is 0 Å². The average Bonchev–Trinajstić information content (AvgIpc) is 0.722. The minimum atomic E-state index is -5.39. The van der Waals surface area contributed by atoms with Crippen LogP contribution in [0.1, 0.15) is 0 Å². The van der Waals surface area contributed by atoms with E-state index in [9.17, 15) is 0 Å². The van der Waals surface area contributed by atoms with Crippen LogP contribution < -0.4 is 38.2 Å². The van der Waals surface area contributed by atoms with Gasteiger partial charge in [0.05, 0.1) is 0 Å². The van der Waals surface area contributed by atoms with E-state index in [1.807, 2.05) is 0 Å². The van der Waals surface area contributed by atoms with Crippen molar-refractivity contribution in [2.45, 2.75) is 0 Å². The van der Waals surface area contributed by atoms with Gasteiger partial charge in [-0.05, 0) is 0 Å². The zero-order valence-electron chi connectivity index (χ0n) is 3.91. The Morgan fingerprint density at radius 3 is 1.12 bits per heavy atom. The van der Waals surface area contributed by atoms with Gasteiger partial charge in [-0.15, -0.1) is 0 Å². The van der Waals surface area contributed by atoms with E-state index in [2.05, 4.69) is 0 Å². The van der Waals surface area contributed by atoms with Crippen molar-refractivity contribution in [3.8, 4) is 0 Å². The maximum atomic E-state index is 8.55. The third kappa shape index (κ3) is 187. The van der Waals surface area contributed by atoms with Crippen LogP contribution >= 0.6 is 7.82 Å². The summed E-state index contributed by atoms with van der Waals surface area (Å²) in [7, 11) is -5.39. The van der Waals surface area contributed by atoms with Crippen molar-refractivity contribution in [1.29, 1.82) is 0 Å². The number of hydrogen-bond acceptors (Lipinski definition) is 4. The molecule has 0 aliphatic heterocycles. The maximum Gasteiger partial charge on any atom is 1.00 e. The van der Waals surface area contributed by atoms with Gasteiger partial charge in [-0.25, -0.2) is 0 Å². The molecule has 1 radical (unpaired) electrons. The van der Waals surface area contributed by atoms with Gasteiger partial charge in [0.2, 0.25) is 0 Å². The second-order valence-corrected chi connectivity index (χ2v) is 1.34. The molecule has 0 atom stereocenters. The van der Waals surface area contributed by atoms with Crippen LogP contribution in [0.15, 0.2) is 0 Å². The number of halogens is 1. The van der Waals surface area contributed by atoms with Gasteiger partial charge in [0.25, 0.3) is 0 Å². The minimum Gasteiger partial charge on any atom is -1.00 e. The minimum absolute atomic E-state index is 0. The first-order valence-electron chi connectivity index (χ1n) is 0.730. The predicted octanol–water partition coefficient (Wildman–Crippen LogP) is -8.82. The number of rotatable bonds is 0. The Kier molecular flexibility index (Phi) is 23.5. The summed E-state index contributed by atoms with van der Waals surface area (Å²) >= 11 is 0. The van der Waals surface area contributed by atoms with E-state index in [0.29, 0.717) is 0 Å². The van der Waals surface area contributed by atoms with Crippen molar-refractivity contribution in [2.75, 3.05) is 0 Å². The quantitative estimate of drug-likeness (QED) is 0.268. The molecule has 0 aromatic carbocycles. The van der Waals surface area contributed by atoms with E-state index in [4.69, 9.17) is 19.2 Å². The molecule has 0 N–H and O–H groups in total. The predicted molar refractivity (Wildman–Crippen MR) is 7.61 cm³/mol. The molecule has 8 heteroatoms. The Balaban J connectivity index is -0.0000000267. The van der Waals surface area contributed by atoms with Crippen LogP contribution in [-0.4, -0.2) is 0 Å². The van der Waals surface area contributed by atoms with E-state index in [0.717, 1.165) is 0 Å². The first-order chi connectivity index (χ1) is 2.00. The van der Waals surface area contributed by atoms with Crippen LogP contribution in [0.25, 0.3) is 0 Å². The molecule has 0 spiro atoms. The summed E-state index contributed by atoms with van der Waals surface area (Å²) in [4.78, 5) is 25.6. The molecule has 0 fully saturated rings. The molecule has 0 bridgehead atoms. The van der Waals surface area contributed by atoms with Crippen LogP contribution in [-0.2, 0) is 23.1 Å². The van der Waals surface area contributed by atoms with Crippen LogP contribution in [0.4, 0.5) is 0 Å². The molecule has 0 aromatic rings. The van der Waals surface area contributed by atoms with Crippen LogP contribution in [0.3, 0.4) is 0 Å². The summed E-state index contributed by atoms with van der Waals surface area (Å²) in [5.74, 6) is 0. The fourth-order valence-corrected chi connectivity index (χ4v) is 0. The molecule has 0 saturated heterocycles. The molecule has 8 heavy (non-hydrogen) atoms. The van der Waals surface area contributed by atoms with E-state index in [-0.39, 0.29) is 42.1 Å². The van der Waals surface area contributed by atoms with Crippen LogP contribution in [0.2, 0.25) is 0 Å². The molecule has 0 aliphatic carbocycles. The molecule has 0 heterocycles. The van der Waals surface area contributed by atoms with Crippen molar-refractivity contribution in [1.82, 2.24) is 0 Å². The largest absolute Gasteiger partial charge is 1.00 e. The molecular formula is FLiO4PV-3. The summed E-state index contributed by atoms with van der Waals surface area (Å²) in [5, 5.41) is 0. The Morgan fingerprint density at radius 2 is 1.12 bits per heavy atom. The Hall–Kier alpha value is 1.22. The van der Waals surface area contributed by atoms with Gasteiger partial charge < -0.3 is 23.9 Å². The topological polar surface area (TPSA) is 86.2 Å². The second-order valence-electron chi connectivity index (χ2n) is 0.447. The van der Waals surface area contributed by atoms with Crippen LogP contribution in [0, 0.1) is 0 Å². The van der Waals surface area contributed by atoms with Gasteiger partial charge in [0.15, 0.2) is 0 Å². The smallest absolute Gasteiger partial charge is 1.00 e. The molecule has 4 nitrogen and oxygen atoms in total. The second kappa shape index (κ2) is 8.22. The molecule has 45 valence electrons. The Bertz CT molecular complexity index is 62.2. The number of hydrogen-bond donors (Lipinski definition) is 0. The molecule has 0 saturated carbocycles. The van der Waals surface area contributed by atoms with E-state index in [1.165, 1.54) is 0 Å². The van der Waals surface area contributed by atoms with E-state index < -0.39 is 7.82 Å². The monoisotopic (exact) mass is 172 g/mol. The van der Waals surface area contributed by atoms with E-state index >= 15 is 0 Å². The Morgan fingerprint density at radius 1 is 1.12 bits per heavy atom.